The Bertz CT molecular complexity index is 115. The Kier molecular flexibility index (Phi) is 8.19. The van der Waals surface area contributed by atoms with Gasteiger partial charge in [0, 0.05) is 6.42 Å². The third-order valence-corrected chi connectivity index (χ3v) is 1.99. The van der Waals surface area contributed by atoms with Crippen molar-refractivity contribution in [1.82, 2.24) is 0 Å². The SMILES string of the molecule is CCCCCCCCCC(=O)O.[H+]. The summed E-state index contributed by atoms with van der Waals surface area (Å²) in [4.78, 5) is 10.1. The number of carbonyl (C=O) groups is 1. The average molecular weight is 173 g/mol. The largest absolute Gasteiger partial charge is 1.00 e. The summed E-state index contributed by atoms with van der Waals surface area (Å²) in [6, 6.07) is 0. The van der Waals surface area contributed by atoms with Crippen molar-refractivity contribution >= 4 is 5.97 Å². The van der Waals surface area contributed by atoms with Gasteiger partial charge in [0.05, 0.1) is 0 Å². The van der Waals surface area contributed by atoms with E-state index in [-0.39, 0.29) is 1.43 Å². The van der Waals surface area contributed by atoms with Crippen molar-refractivity contribution in [1.29, 1.82) is 0 Å². The fraction of sp³-hybridized carbons (Fsp3) is 0.900. The van der Waals surface area contributed by atoms with Gasteiger partial charge in [-0.15, -0.1) is 0 Å². The van der Waals surface area contributed by atoms with Gasteiger partial charge in [0.2, 0.25) is 0 Å². The van der Waals surface area contributed by atoms with E-state index < -0.39 is 5.97 Å². The van der Waals surface area contributed by atoms with E-state index in [0.717, 1.165) is 12.8 Å². The summed E-state index contributed by atoms with van der Waals surface area (Å²) in [5.74, 6) is -0.663. The van der Waals surface area contributed by atoms with Crippen molar-refractivity contribution in [3.05, 3.63) is 0 Å². The molecule has 0 aromatic carbocycles. The average Bonchev–Trinajstić information content (AvgIpc) is 2.02. The molecule has 1 N–H and O–H groups in total. The van der Waals surface area contributed by atoms with E-state index in [2.05, 4.69) is 6.92 Å². The molecule has 0 radical (unpaired) electrons. The van der Waals surface area contributed by atoms with Crippen LogP contribution in [0.3, 0.4) is 0 Å². The van der Waals surface area contributed by atoms with Crippen LogP contribution in [0.1, 0.15) is 59.7 Å². The predicted octanol–water partition coefficient (Wildman–Crippen LogP) is 3.32. The first-order chi connectivity index (χ1) is 5.77. The van der Waals surface area contributed by atoms with Gasteiger partial charge in [-0.2, -0.15) is 0 Å². The number of unbranched alkanes of at least 4 members (excludes halogenated alkanes) is 6. The lowest BCUT2D eigenvalue weighted by atomic mass is 10.1. The molecular formula is C10H21O2+. The van der Waals surface area contributed by atoms with E-state index in [1.165, 1.54) is 32.1 Å². The van der Waals surface area contributed by atoms with E-state index in [9.17, 15) is 4.79 Å². The lowest BCUT2D eigenvalue weighted by molar-refractivity contribution is -0.137. The summed E-state index contributed by atoms with van der Waals surface area (Å²) in [5, 5.41) is 8.35. The highest BCUT2D eigenvalue weighted by Gasteiger charge is 1.95. The van der Waals surface area contributed by atoms with E-state index >= 15 is 0 Å². The molecule has 0 bridgehead atoms. The molecule has 0 unspecified atom stereocenters. The van der Waals surface area contributed by atoms with Crippen LogP contribution >= 0.6 is 0 Å². The smallest absolute Gasteiger partial charge is 0.481 e. The van der Waals surface area contributed by atoms with Gasteiger partial charge in [0.15, 0.2) is 0 Å². The molecule has 0 aromatic heterocycles. The zero-order valence-corrected chi connectivity index (χ0v) is 8.01. The summed E-state index contributed by atoms with van der Waals surface area (Å²) in [6.07, 6.45) is 8.64. The molecule has 0 atom stereocenters. The van der Waals surface area contributed by atoms with E-state index in [1.54, 1.807) is 0 Å². The fourth-order valence-electron chi connectivity index (χ4n) is 1.23. The van der Waals surface area contributed by atoms with Gasteiger partial charge in [0.25, 0.3) is 0 Å². The van der Waals surface area contributed by atoms with Gasteiger partial charge < -0.3 is 5.11 Å². The Morgan fingerprint density at radius 1 is 1.08 bits per heavy atom. The molecule has 0 saturated heterocycles. The van der Waals surface area contributed by atoms with Crippen LogP contribution < -0.4 is 0 Å². The Balaban J connectivity index is 0. The maximum absolute atomic E-state index is 10.1. The van der Waals surface area contributed by atoms with Crippen LogP contribution in [0.15, 0.2) is 0 Å². The quantitative estimate of drug-likeness (QED) is 0.572. The summed E-state index contributed by atoms with van der Waals surface area (Å²) >= 11 is 0. The van der Waals surface area contributed by atoms with E-state index in [1.807, 2.05) is 0 Å². The molecule has 0 saturated carbocycles. The summed E-state index contributed by atoms with van der Waals surface area (Å²) in [5.41, 5.74) is 0. The molecule has 72 valence electrons. The second kappa shape index (κ2) is 8.57. The van der Waals surface area contributed by atoms with Crippen molar-refractivity contribution < 1.29 is 11.3 Å². The maximum Gasteiger partial charge on any atom is 1.00 e. The first-order valence-corrected chi connectivity index (χ1v) is 4.99. The normalized spacial score (nSPS) is 10.1. The molecule has 0 spiro atoms. The number of hydrogen-bond acceptors (Lipinski definition) is 1. The van der Waals surface area contributed by atoms with Crippen LogP contribution in [0.4, 0.5) is 0 Å². The van der Waals surface area contributed by atoms with E-state index in [0.29, 0.717) is 6.42 Å². The molecule has 0 aliphatic heterocycles. The van der Waals surface area contributed by atoms with Gasteiger partial charge in [0.1, 0.15) is 0 Å². The van der Waals surface area contributed by atoms with Crippen LogP contribution in [0.25, 0.3) is 0 Å². The molecule has 2 nitrogen and oxygen atoms in total. The molecule has 12 heavy (non-hydrogen) atoms. The van der Waals surface area contributed by atoms with Crippen molar-refractivity contribution in [2.75, 3.05) is 0 Å². The minimum absolute atomic E-state index is 0. The molecule has 0 aliphatic carbocycles. The predicted molar refractivity (Wildman–Crippen MR) is 51.4 cm³/mol. The Labute approximate surface area is 76.5 Å². The van der Waals surface area contributed by atoms with Crippen LogP contribution in [-0.4, -0.2) is 11.1 Å². The van der Waals surface area contributed by atoms with Gasteiger partial charge in [-0.05, 0) is 6.42 Å². The third kappa shape index (κ3) is 9.47. The van der Waals surface area contributed by atoms with Crippen molar-refractivity contribution in [2.24, 2.45) is 0 Å². The highest BCUT2D eigenvalue weighted by atomic mass is 16.4. The number of hydrogen-bond donors (Lipinski definition) is 1. The van der Waals surface area contributed by atoms with Crippen LogP contribution in [0, 0.1) is 0 Å². The molecule has 0 amide bonds. The van der Waals surface area contributed by atoms with Crippen LogP contribution in [0.5, 0.6) is 0 Å². The second-order valence-corrected chi connectivity index (χ2v) is 3.27. The van der Waals surface area contributed by atoms with Crippen LogP contribution in [0.2, 0.25) is 0 Å². The summed E-state index contributed by atoms with van der Waals surface area (Å²) in [7, 11) is 0. The number of aliphatic carboxylic acids is 1. The summed E-state index contributed by atoms with van der Waals surface area (Å²) in [6.45, 7) is 2.20. The van der Waals surface area contributed by atoms with E-state index in [4.69, 9.17) is 5.11 Å². The fourth-order valence-corrected chi connectivity index (χ4v) is 1.23. The first-order valence-electron chi connectivity index (χ1n) is 4.99. The van der Waals surface area contributed by atoms with Gasteiger partial charge in [-0.3, -0.25) is 4.79 Å². The van der Waals surface area contributed by atoms with Crippen LogP contribution in [-0.2, 0) is 4.79 Å². The number of carboxylic acids is 1. The molecule has 0 fully saturated rings. The maximum atomic E-state index is 10.1. The molecule has 2 heteroatoms. The lowest BCUT2D eigenvalue weighted by Gasteiger charge is -1.98. The Morgan fingerprint density at radius 2 is 1.58 bits per heavy atom. The Hall–Kier alpha value is -0.530. The molecule has 0 rings (SSSR count). The summed E-state index contributed by atoms with van der Waals surface area (Å²) < 4.78 is 0. The lowest BCUT2D eigenvalue weighted by Crippen LogP contribution is -1.93. The van der Waals surface area contributed by atoms with Crippen molar-refractivity contribution in [2.45, 2.75) is 58.3 Å². The van der Waals surface area contributed by atoms with Gasteiger partial charge in [-0.25, -0.2) is 0 Å². The standard InChI is InChI=1S/C10H20O2/c1-2-3-4-5-6-7-8-9-10(11)12/h2-9H2,1H3,(H,11,12)/p+1. The zero-order chi connectivity index (χ0) is 9.23. The van der Waals surface area contributed by atoms with Gasteiger partial charge in [-0.1, -0.05) is 45.4 Å². The Morgan fingerprint density at radius 3 is 2.08 bits per heavy atom. The topological polar surface area (TPSA) is 37.3 Å². The van der Waals surface area contributed by atoms with Gasteiger partial charge >= 0.3 is 7.40 Å². The van der Waals surface area contributed by atoms with Crippen molar-refractivity contribution in [3.63, 3.8) is 0 Å². The number of rotatable bonds is 8. The molecular weight excluding hydrogens is 152 g/mol. The minimum Gasteiger partial charge on any atom is -0.481 e. The minimum atomic E-state index is -0.663. The first kappa shape index (κ1) is 11.5. The molecule has 0 heterocycles. The highest BCUT2D eigenvalue weighted by molar-refractivity contribution is 5.66. The second-order valence-electron chi connectivity index (χ2n) is 3.27. The molecule has 0 aromatic rings. The third-order valence-electron chi connectivity index (χ3n) is 1.99. The number of carboxylic acid groups (broad SMARTS) is 1. The monoisotopic (exact) mass is 173 g/mol. The zero-order valence-electron chi connectivity index (χ0n) is 9.01. The van der Waals surface area contributed by atoms with Crippen molar-refractivity contribution in [3.8, 4) is 0 Å². The highest BCUT2D eigenvalue weighted by Crippen LogP contribution is 2.07. The molecule has 0 aliphatic rings.